The third-order valence-corrected chi connectivity index (χ3v) is 6.89. The molecule has 1 N–H and O–H groups in total. The Morgan fingerprint density at radius 1 is 1.06 bits per heavy atom. The van der Waals surface area contributed by atoms with Crippen LogP contribution in [0.5, 0.6) is 0 Å². The summed E-state index contributed by atoms with van der Waals surface area (Å²) in [5.74, 6) is -0.615. The number of benzene rings is 2. The molecule has 1 heterocycles. The van der Waals surface area contributed by atoms with E-state index >= 15 is 0 Å². The molecule has 0 unspecified atom stereocenters. The number of carbonyl (C=O) groups excluding carboxylic acids is 3. The van der Waals surface area contributed by atoms with Crippen LogP contribution in [0.4, 0.5) is 5.69 Å². The van der Waals surface area contributed by atoms with Gasteiger partial charge in [-0.25, -0.2) is 9.78 Å². The van der Waals surface area contributed by atoms with Gasteiger partial charge < -0.3 is 15.0 Å². The van der Waals surface area contributed by atoms with Gasteiger partial charge in [0.25, 0.3) is 5.91 Å². The maximum absolute atomic E-state index is 12.4. The van der Waals surface area contributed by atoms with Gasteiger partial charge in [0, 0.05) is 28.8 Å². The van der Waals surface area contributed by atoms with Crippen molar-refractivity contribution in [3.8, 4) is 0 Å². The number of amides is 2. The van der Waals surface area contributed by atoms with Gasteiger partial charge in [-0.1, -0.05) is 18.2 Å². The fourth-order valence-electron chi connectivity index (χ4n) is 3.13. The Kier molecular flexibility index (Phi) is 8.84. The smallest absolute Gasteiger partial charge is 0.338 e. The predicted molar refractivity (Wildman–Crippen MR) is 135 cm³/mol. The molecule has 9 heteroatoms. The molecule has 0 bridgehead atoms. The van der Waals surface area contributed by atoms with Gasteiger partial charge in [-0.05, 0) is 56.2 Å². The number of anilines is 1. The molecule has 3 rings (SSSR count). The van der Waals surface area contributed by atoms with E-state index in [1.54, 1.807) is 35.2 Å². The topological polar surface area (TPSA) is 88.6 Å². The van der Waals surface area contributed by atoms with Crippen molar-refractivity contribution in [2.24, 2.45) is 0 Å². The number of rotatable bonds is 9. The van der Waals surface area contributed by atoms with Gasteiger partial charge in [0.05, 0.1) is 22.8 Å². The first-order valence-corrected chi connectivity index (χ1v) is 12.5. The minimum absolute atomic E-state index is 0.144. The fourth-order valence-corrected chi connectivity index (χ4v) is 4.64. The summed E-state index contributed by atoms with van der Waals surface area (Å²) in [7, 11) is 1.50. The quantitative estimate of drug-likeness (QED) is 0.343. The number of nitrogens with one attached hydrogen (secondary N) is 1. The van der Waals surface area contributed by atoms with Gasteiger partial charge in [0.2, 0.25) is 5.91 Å². The summed E-state index contributed by atoms with van der Waals surface area (Å²) in [6.45, 7) is 5.21. The molecule has 1 aromatic heterocycles. The first-order chi connectivity index (χ1) is 16.2. The molecule has 0 atom stereocenters. The number of esters is 1. The van der Waals surface area contributed by atoms with Crippen LogP contribution in [0.2, 0.25) is 0 Å². The number of hydrogen-bond acceptors (Lipinski definition) is 7. The van der Waals surface area contributed by atoms with Crippen LogP contribution >= 0.6 is 23.1 Å². The Hall–Kier alpha value is -3.17. The van der Waals surface area contributed by atoms with Crippen molar-refractivity contribution < 1.29 is 19.1 Å². The molecule has 2 amide bonds. The van der Waals surface area contributed by atoms with E-state index in [1.165, 1.54) is 11.9 Å². The molecule has 0 radical (unpaired) electrons. The number of likely N-dealkylation sites (N-methyl/N-ethyl adjacent to an activating group) is 1. The van der Waals surface area contributed by atoms with Crippen LogP contribution in [0.1, 0.15) is 32.2 Å². The van der Waals surface area contributed by atoms with E-state index in [1.807, 2.05) is 56.5 Å². The number of carbonyl (C=O) groups is 3. The van der Waals surface area contributed by atoms with Crippen LogP contribution in [0.25, 0.3) is 0 Å². The highest BCUT2D eigenvalue weighted by Crippen LogP contribution is 2.24. The van der Waals surface area contributed by atoms with Crippen molar-refractivity contribution in [1.29, 1.82) is 0 Å². The molecule has 3 aromatic rings. The normalized spacial score (nSPS) is 10.6. The molecule has 0 fully saturated rings. The Morgan fingerprint density at radius 3 is 2.35 bits per heavy atom. The first kappa shape index (κ1) is 25.5. The van der Waals surface area contributed by atoms with Crippen molar-refractivity contribution in [2.75, 3.05) is 25.5 Å². The maximum Gasteiger partial charge on any atom is 0.338 e. The van der Waals surface area contributed by atoms with E-state index in [0.717, 1.165) is 38.2 Å². The average molecular weight is 498 g/mol. The lowest BCUT2D eigenvalue weighted by Gasteiger charge is -2.18. The first-order valence-electron chi connectivity index (χ1n) is 10.6. The fraction of sp³-hybridized carbons (Fsp3) is 0.280. The number of ether oxygens (including phenoxy) is 1. The average Bonchev–Trinajstić information content (AvgIpc) is 3.23. The standard InChI is InChI=1S/C25H27N3O4S2/c1-16-6-5-7-17(2)24(16)27-22(29)12-28(4)23(30)13-32-25(31)19-8-10-21(11-9-19)34-15-20-14-33-18(3)26-20/h5-11,14H,12-13,15H2,1-4H3,(H,27,29). The van der Waals surface area contributed by atoms with Crippen LogP contribution in [0.15, 0.2) is 52.7 Å². The van der Waals surface area contributed by atoms with Crippen LogP contribution in [0.3, 0.4) is 0 Å². The zero-order chi connectivity index (χ0) is 24.7. The van der Waals surface area contributed by atoms with Gasteiger partial charge in [0.15, 0.2) is 6.61 Å². The van der Waals surface area contributed by atoms with Crippen LogP contribution in [-0.2, 0) is 20.1 Å². The number of para-hydroxylation sites is 1. The van der Waals surface area contributed by atoms with Gasteiger partial charge >= 0.3 is 5.97 Å². The van der Waals surface area contributed by atoms with E-state index in [4.69, 9.17) is 4.74 Å². The van der Waals surface area contributed by atoms with Crippen LogP contribution in [-0.4, -0.2) is 47.9 Å². The summed E-state index contributed by atoms with van der Waals surface area (Å²) in [5, 5.41) is 5.91. The van der Waals surface area contributed by atoms with Crippen LogP contribution < -0.4 is 5.32 Å². The molecule has 0 aliphatic heterocycles. The number of hydrogen-bond donors (Lipinski definition) is 1. The van der Waals surface area contributed by atoms with E-state index in [2.05, 4.69) is 10.3 Å². The summed E-state index contributed by atoms with van der Waals surface area (Å²) in [4.78, 5) is 43.7. The molecule has 0 aliphatic carbocycles. The molecular formula is C25H27N3O4S2. The molecule has 34 heavy (non-hydrogen) atoms. The minimum Gasteiger partial charge on any atom is -0.452 e. The van der Waals surface area contributed by atoms with Gasteiger partial charge in [0.1, 0.15) is 0 Å². The molecule has 178 valence electrons. The SMILES string of the molecule is Cc1nc(CSc2ccc(C(=O)OCC(=O)N(C)CC(=O)Nc3c(C)cccc3C)cc2)cs1. The Labute approximate surface area is 207 Å². The second-order valence-corrected chi connectivity index (χ2v) is 9.92. The third-order valence-electron chi connectivity index (χ3n) is 5.02. The van der Waals surface area contributed by atoms with Crippen molar-refractivity contribution in [3.05, 3.63) is 75.2 Å². The van der Waals surface area contributed by atoms with E-state index in [9.17, 15) is 14.4 Å². The monoisotopic (exact) mass is 497 g/mol. The largest absolute Gasteiger partial charge is 0.452 e. The van der Waals surface area contributed by atoms with Gasteiger partial charge in [-0.3, -0.25) is 9.59 Å². The molecule has 0 aliphatic rings. The Morgan fingerprint density at radius 2 is 1.74 bits per heavy atom. The molecule has 0 saturated heterocycles. The summed E-state index contributed by atoms with van der Waals surface area (Å²) in [6.07, 6.45) is 0. The Bertz CT molecular complexity index is 1150. The van der Waals surface area contributed by atoms with Crippen LogP contribution in [0, 0.1) is 20.8 Å². The van der Waals surface area contributed by atoms with E-state index < -0.39 is 18.5 Å². The summed E-state index contributed by atoms with van der Waals surface area (Å²) >= 11 is 3.25. The van der Waals surface area contributed by atoms with E-state index in [-0.39, 0.29) is 12.5 Å². The van der Waals surface area contributed by atoms with Gasteiger partial charge in [-0.15, -0.1) is 23.1 Å². The lowest BCUT2D eigenvalue weighted by Crippen LogP contribution is -2.37. The maximum atomic E-state index is 12.4. The van der Waals surface area contributed by atoms with E-state index in [0.29, 0.717) is 5.56 Å². The highest BCUT2D eigenvalue weighted by Gasteiger charge is 2.17. The van der Waals surface area contributed by atoms with Crippen molar-refractivity contribution >= 4 is 46.6 Å². The van der Waals surface area contributed by atoms with Crippen molar-refractivity contribution in [3.63, 3.8) is 0 Å². The molecule has 2 aromatic carbocycles. The summed E-state index contributed by atoms with van der Waals surface area (Å²) in [6, 6.07) is 12.7. The number of thiazole rings is 1. The number of aryl methyl sites for hydroxylation is 3. The predicted octanol–water partition coefficient (Wildman–Crippen LogP) is 4.61. The number of nitrogens with zero attached hydrogens (tertiary/aromatic N) is 2. The molecule has 7 nitrogen and oxygen atoms in total. The number of thioether (sulfide) groups is 1. The lowest BCUT2D eigenvalue weighted by atomic mass is 10.1. The molecule has 0 spiro atoms. The van der Waals surface area contributed by atoms with Gasteiger partial charge in [-0.2, -0.15) is 0 Å². The lowest BCUT2D eigenvalue weighted by molar-refractivity contribution is -0.136. The number of aromatic nitrogens is 1. The molecular weight excluding hydrogens is 470 g/mol. The zero-order valence-corrected chi connectivity index (χ0v) is 21.2. The minimum atomic E-state index is -0.589. The van der Waals surface area contributed by atoms with Crippen molar-refractivity contribution in [1.82, 2.24) is 9.88 Å². The zero-order valence-electron chi connectivity index (χ0n) is 19.6. The second kappa shape index (κ2) is 11.8. The third kappa shape index (κ3) is 7.16. The Balaban J connectivity index is 1.44. The van der Waals surface area contributed by atoms with Crippen molar-refractivity contribution in [2.45, 2.75) is 31.4 Å². The summed E-state index contributed by atoms with van der Waals surface area (Å²) < 4.78 is 5.14. The second-order valence-electron chi connectivity index (χ2n) is 7.81. The summed E-state index contributed by atoms with van der Waals surface area (Å²) in [5.41, 5.74) is 4.01. The highest BCUT2D eigenvalue weighted by molar-refractivity contribution is 7.98. The highest BCUT2D eigenvalue weighted by atomic mass is 32.2. The molecule has 0 saturated carbocycles.